The fourth-order valence-corrected chi connectivity index (χ4v) is 9.43. The number of hydrogen-bond acceptors (Lipinski definition) is 5. The lowest BCUT2D eigenvalue weighted by Gasteiger charge is -2.36. The van der Waals surface area contributed by atoms with Gasteiger partial charge in [-0.25, -0.2) is 0 Å². The number of piperidine rings is 2. The molecule has 1 aromatic carbocycles. The lowest BCUT2D eigenvalue weighted by atomic mass is 9.87. The summed E-state index contributed by atoms with van der Waals surface area (Å²) < 4.78 is 44.4. The van der Waals surface area contributed by atoms with Crippen LogP contribution in [0.5, 0.6) is 0 Å². The van der Waals surface area contributed by atoms with E-state index in [9.17, 15) is 18.0 Å². The molecule has 0 atom stereocenters. The third-order valence-corrected chi connectivity index (χ3v) is 12.0. The number of amides is 1. The molecule has 2 saturated heterocycles. The number of alkyl halides is 3. The van der Waals surface area contributed by atoms with E-state index in [2.05, 4.69) is 16.7 Å². The quantitative estimate of drug-likeness (QED) is 0.226. The molecule has 1 saturated carbocycles. The summed E-state index contributed by atoms with van der Waals surface area (Å²) in [7, 11) is 0. The van der Waals surface area contributed by atoms with Crippen molar-refractivity contribution in [3.63, 3.8) is 0 Å². The van der Waals surface area contributed by atoms with Gasteiger partial charge < -0.3 is 14.7 Å². The Kier molecular flexibility index (Phi) is 11.9. The summed E-state index contributed by atoms with van der Waals surface area (Å²) in [5.41, 5.74) is 3.00. The zero-order chi connectivity index (χ0) is 32.8. The summed E-state index contributed by atoms with van der Waals surface area (Å²) in [4.78, 5) is 20.9. The van der Waals surface area contributed by atoms with Gasteiger partial charge in [0, 0.05) is 73.0 Å². The fraction of sp³-hybridized carbons (Fsp3) is 0.730. The minimum Gasteiger partial charge on any atom is -0.338 e. The van der Waals surface area contributed by atoms with Crippen LogP contribution >= 0.6 is 11.8 Å². The van der Waals surface area contributed by atoms with E-state index >= 15 is 0 Å². The topological polar surface area (TPSA) is 44.6 Å². The van der Waals surface area contributed by atoms with E-state index in [0.717, 1.165) is 87.8 Å². The molecule has 3 aliphatic heterocycles. The van der Waals surface area contributed by atoms with Crippen LogP contribution in [0, 0.1) is 11.8 Å². The van der Waals surface area contributed by atoms with E-state index in [0.29, 0.717) is 36.7 Å². The van der Waals surface area contributed by atoms with Gasteiger partial charge in [0.15, 0.2) is 0 Å². The normalized spacial score (nSPS) is 20.9. The van der Waals surface area contributed by atoms with E-state index in [1.54, 1.807) is 12.1 Å². The molecular weight excluding hydrogens is 620 g/mol. The first-order chi connectivity index (χ1) is 22.8. The average molecular weight is 674 g/mol. The number of likely N-dealkylation sites (tertiary alicyclic amines) is 2. The second-order valence-electron chi connectivity index (χ2n) is 14.5. The third-order valence-electron chi connectivity index (χ3n) is 11.0. The van der Waals surface area contributed by atoms with Crippen LogP contribution in [0.25, 0.3) is 11.3 Å². The average Bonchev–Trinajstić information content (AvgIpc) is 3.44. The van der Waals surface area contributed by atoms with Gasteiger partial charge in [0.1, 0.15) is 0 Å². The molecule has 0 radical (unpaired) electrons. The summed E-state index contributed by atoms with van der Waals surface area (Å²) in [5, 5.41) is 4.98. The number of aromatic nitrogens is 2. The molecule has 10 heteroatoms. The Morgan fingerprint density at radius 2 is 1.64 bits per heavy atom. The molecule has 0 bridgehead atoms. The SMILES string of the molecule is CCCn1nc(-c2ccc(C(F)(F)F)c(SCCN3CCCCC3)c2)c2c1CCN(C(=O)CC1CCN(CC3CCCCC3)CC1)C2. The van der Waals surface area contributed by atoms with Gasteiger partial charge in [-0.3, -0.25) is 9.48 Å². The van der Waals surface area contributed by atoms with Crippen molar-refractivity contribution in [2.45, 2.75) is 115 Å². The van der Waals surface area contributed by atoms with Crippen molar-refractivity contribution in [3.8, 4) is 11.3 Å². The molecule has 0 N–H and O–H groups in total. The molecular formula is C37H54F3N5OS. The Bertz CT molecular complexity index is 1330. The van der Waals surface area contributed by atoms with E-state index < -0.39 is 11.7 Å². The Morgan fingerprint density at radius 1 is 0.894 bits per heavy atom. The summed E-state index contributed by atoms with van der Waals surface area (Å²) in [5.74, 6) is 2.10. The van der Waals surface area contributed by atoms with Crippen molar-refractivity contribution in [2.75, 3.05) is 51.6 Å². The van der Waals surface area contributed by atoms with Gasteiger partial charge >= 0.3 is 6.18 Å². The van der Waals surface area contributed by atoms with Gasteiger partial charge in [-0.15, -0.1) is 11.8 Å². The summed E-state index contributed by atoms with van der Waals surface area (Å²) in [6.45, 7) is 10.3. The van der Waals surface area contributed by atoms with Crippen LogP contribution in [-0.2, 0) is 30.5 Å². The van der Waals surface area contributed by atoms with Crippen LogP contribution < -0.4 is 0 Å². The number of nitrogens with zero attached hydrogens (tertiary/aromatic N) is 5. The van der Waals surface area contributed by atoms with Crippen molar-refractivity contribution >= 4 is 17.7 Å². The van der Waals surface area contributed by atoms with Gasteiger partial charge in [0.25, 0.3) is 0 Å². The number of rotatable bonds is 11. The van der Waals surface area contributed by atoms with E-state index in [1.165, 1.54) is 75.7 Å². The number of halogens is 3. The zero-order valence-corrected chi connectivity index (χ0v) is 29.2. The van der Waals surface area contributed by atoms with Crippen LogP contribution in [0.3, 0.4) is 0 Å². The molecule has 47 heavy (non-hydrogen) atoms. The highest BCUT2D eigenvalue weighted by molar-refractivity contribution is 7.99. The van der Waals surface area contributed by atoms with Crippen LogP contribution in [0.2, 0.25) is 0 Å². The van der Waals surface area contributed by atoms with Crippen LogP contribution in [0.15, 0.2) is 23.1 Å². The maximum absolute atomic E-state index is 14.1. The monoisotopic (exact) mass is 673 g/mol. The largest absolute Gasteiger partial charge is 0.417 e. The standard InChI is InChI=1S/C37H54F3N5OS/c1-2-16-45-33-15-21-44(35(46)24-28-13-19-43(20-14-28)26-29-9-5-3-6-10-29)27-31(33)36(41-45)30-11-12-32(37(38,39)40)34(25-30)47-23-22-42-17-7-4-8-18-42/h11-12,25,28-29H,2-10,13-24,26-27H2,1H3. The van der Waals surface area contributed by atoms with Crippen molar-refractivity contribution in [1.29, 1.82) is 0 Å². The Balaban J connectivity index is 1.13. The third kappa shape index (κ3) is 8.96. The minimum atomic E-state index is -4.41. The van der Waals surface area contributed by atoms with Crippen molar-refractivity contribution < 1.29 is 18.0 Å². The van der Waals surface area contributed by atoms with Crippen molar-refractivity contribution in [2.24, 2.45) is 11.8 Å². The molecule has 6 rings (SSSR count). The van der Waals surface area contributed by atoms with Crippen LogP contribution in [0.4, 0.5) is 13.2 Å². The predicted octanol–water partition coefficient (Wildman–Crippen LogP) is 8.12. The van der Waals surface area contributed by atoms with Crippen molar-refractivity contribution in [3.05, 3.63) is 35.0 Å². The maximum atomic E-state index is 14.1. The Labute approximate surface area is 283 Å². The highest BCUT2D eigenvalue weighted by Crippen LogP contribution is 2.40. The van der Waals surface area contributed by atoms with E-state index in [4.69, 9.17) is 5.10 Å². The van der Waals surface area contributed by atoms with Gasteiger partial charge in [-0.1, -0.05) is 38.7 Å². The Morgan fingerprint density at radius 3 is 2.36 bits per heavy atom. The fourth-order valence-electron chi connectivity index (χ4n) is 8.31. The summed E-state index contributed by atoms with van der Waals surface area (Å²) in [6.07, 6.45) is 10.4. The molecule has 1 amide bonds. The predicted molar refractivity (Wildman–Crippen MR) is 183 cm³/mol. The van der Waals surface area contributed by atoms with Gasteiger partial charge in [0.05, 0.1) is 11.3 Å². The molecule has 4 aliphatic rings. The number of carbonyl (C=O) groups is 1. The number of thioether (sulfide) groups is 1. The van der Waals surface area contributed by atoms with Crippen LogP contribution in [0.1, 0.15) is 101 Å². The van der Waals surface area contributed by atoms with Gasteiger partial charge in [0.2, 0.25) is 5.91 Å². The highest BCUT2D eigenvalue weighted by atomic mass is 32.2. The number of benzene rings is 1. The highest BCUT2D eigenvalue weighted by Gasteiger charge is 2.35. The molecule has 6 nitrogen and oxygen atoms in total. The Hall–Kier alpha value is -2.04. The molecule has 2 aromatic rings. The van der Waals surface area contributed by atoms with E-state index in [1.807, 2.05) is 9.58 Å². The molecule has 1 aliphatic carbocycles. The zero-order valence-electron chi connectivity index (χ0n) is 28.3. The first kappa shape index (κ1) is 34.8. The van der Waals surface area contributed by atoms with Crippen LogP contribution in [-0.4, -0.2) is 82.0 Å². The van der Waals surface area contributed by atoms with Crippen molar-refractivity contribution in [1.82, 2.24) is 24.5 Å². The summed E-state index contributed by atoms with van der Waals surface area (Å²) >= 11 is 1.30. The molecule has 260 valence electrons. The second-order valence-corrected chi connectivity index (χ2v) is 15.6. The first-order valence-corrected chi connectivity index (χ1v) is 19.4. The molecule has 1 aromatic heterocycles. The maximum Gasteiger partial charge on any atom is 0.417 e. The lowest BCUT2D eigenvalue weighted by molar-refractivity contribution is -0.139. The number of fused-ring (bicyclic) bond motifs is 1. The molecule has 0 spiro atoms. The smallest absolute Gasteiger partial charge is 0.338 e. The number of hydrogen-bond donors (Lipinski definition) is 0. The minimum absolute atomic E-state index is 0.206. The second kappa shape index (κ2) is 16.1. The molecule has 0 unspecified atom stereocenters. The molecule has 4 heterocycles. The van der Waals surface area contributed by atoms with Gasteiger partial charge in [-0.05, 0) is 95.1 Å². The number of aryl methyl sites for hydroxylation is 1. The number of carbonyl (C=O) groups excluding carboxylic acids is 1. The van der Waals surface area contributed by atoms with Gasteiger partial charge in [-0.2, -0.15) is 18.3 Å². The summed E-state index contributed by atoms with van der Waals surface area (Å²) in [6, 6.07) is 4.51. The lowest BCUT2D eigenvalue weighted by Crippen LogP contribution is -2.41. The first-order valence-electron chi connectivity index (χ1n) is 18.4. The molecule has 3 fully saturated rings. The van der Waals surface area contributed by atoms with E-state index in [-0.39, 0.29) is 10.8 Å².